The van der Waals surface area contributed by atoms with Crippen LogP contribution in [0.25, 0.3) is 0 Å². The molecule has 3 heteroatoms. The molecule has 23 heavy (non-hydrogen) atoms. The molecular formula is C20H32O3. The van der Waals surface area contributed by atoms with Crippen LogP contribution in [-0.4, -0.2) is 17.7 Å². The summed E-state index contributed by atoms with van der Waals surface area (Å²) in [4.78, 5) is 12.3. The van der Waals surface area contributed by atoms with E-state index in [0.29, 0.717) is 12.2 Å². The first-order chi connectivity index (χ1) is 10.7. The molecule has 0 aliphatic carbocycles. The van der Waals surface area contributed by atoms with Crippen LogP contribution in [0.15, 0.2) is 12.1 Å². The van der Waals surface area contributed by atoms with Crippen molar-refractivity contribution in [1.82, 2.24) is 0 Å². The van der Waals surface area contributed by atoms with Gasteiger partial charge in [0.25, 0.3) is 0 Å². The van der Waals surface area contributed by atoms with Gasteiger partial charge >= 0.3 is 5.97 Å². The van der Waals surface area contributed by atoms with Gasteiger partial charge < -0.3 is 9.84 Å². The fourth-order valence-electron chi connectivity index (χ4n) is 2.52. The Labute approximate surface area is 141 Å². The summed E-state index contributed by atoms with van der Waals surface area (Å²) in [6, 6.07) is 3.92. The number of phenols is 1. The van der Waals surface area contributed by atoms with Gasteiger partial charge in [0.15, 0.2) is 0 Å². The minimum atomic E-state index is -0.456. The first-order valence-corrected chi connectivity index (χ1v) is 8.69. The number of hydrogen-bond acceptors (Lipinski definition) is 3. The molecule has 0 amide bonds. The number of hydrogen-bond donors (Lipinski definition) is 1. The van der Waals surface area contributed by atoms with Crippen molar-refractivity contribution in [3.05, 3.63) is 28.8 Å². The molecule has 1 unspecified atom stereocenters. The molecule has 1 rings (SSSR count). The zero-order valence-electron chi connectivity index (χ0n) is 15.5. The van der Waals surface area contributed by atoms with E-state index in [1.54, 1.807) is 6.92 Å². The molecule has 0 bridgehead atoms. The number of carbonyl (C=O) groups excluding carboxylic acids is 1. The van der Waals surface area contributed by atoms with Crippen LogP contribution in [0.3, 0.4) is 0 Å². The quantitative estimate of drug-likeness (QED) is 0.553. The van der Waals surface area contributed by atoms with E-state index >= 15 is 0 Å². The lowest BCUT2D eigenvalue weighted by Gasteiger charge is -2.23. The topological polar surface area (TPSA) is 46.5 Å². The lowest BCUT2D eigenvalue weighted by atomic mass is 9.83. The van der Waals surface area contributed by atoms with Crippen LogP contribution >= 0.6 is 0 Å². The predicted molar refractivity (Wildman–Crippen MR) is 95.1 cm³/mol. The van der Waals surface area contributed by atoms with Crippen molar-refractivity contribution in [2.75, 3.05) is 6.61 Å². The largest absolute Gasteiger partial charge is 0.507 e. The molecule has 3 nitrogen and oxygen atoms in total. The highest BCUT2D eigenvalue weighted by Gasteiger charge is 2.24. The highest BCUT2D eigenvalue weighted by Crippen LogP contribution is 2.35. The molecule has 0 aromatic heterocycles. The van der Waals surface area contributed by atoms with Crippen molar-refractivity contribution < 1.29 is 14.6 Å². The molecule has 1 N–H and O–H groups in total. The minimum absolute atomic E-state index is 0.0308. The molecule has 1 aromatic rings. The Bertz CT molecular complexity index is 526. The number of unbranched alkanes of at least 4 members (excludes halogenated alkanes) is 3. The maximum Gasteiger partial charge on any atom is 0.313 e. The number of carbonyl (C=O) groups is 1. The molecule has 0 radical (unpaired) electrons. The molecule has 1 aromatic carbocycles. The molecule has 1 atom stereocenters. The van der Waals surface area contributed by atoms with E-state index in [0.717, 1.165) is 30.4 Å². The molecule has 0 fully saturated rings. The van der Waals surface area contributed by atoms with E-state index < -0.39 is 5.92 Å². The summed E-state index contributed by atoms with van der Waals surface area (Å²) in [6.45, 7) is 12.7. The van der Waals surface area contributed by atoms with Gasteiger partial charge in [-0.3, -0.25) is 4.79 Å². The second kappa shape index (κ2) is 8.37. The SMILES string of the molecule is CCCCCCOC(=O)C(C)c1cc(C(C)(C)C)cc(C)c1O. The molecule has 130 valence electrons. The van der Waals surface area contributed by atoms with Gasteiger partial charge in [0, 0.05) is 5.56 Å². The van der Waals surface area contributed by atoms with Crippen LogP contribution in [0.1, 0.15) is 82.9 Å². The van der Waals surface area contributed by atoms with Crippen molar-refractivity contribution in [3.8, 4) is 5.75 Å². The normalized spacial score (nSPS) is 13.0. The number of aromatic hydroxyl groups is 1. The number of rotatable bonds is 7. The number of ether oxygens (including phenoxy) is 1. The lowest BCUT2D eigenvalue weighted by molar-refractivity contribution is -0.145. The van der Waals surface area contributed by atoms with Crippen molar-refractivity contribution in [1.29, 1.82) is 0 Å². The number of benzene rings is 1. The molecule has 0 saturated carbocycles. The average molecular weight is 320 g/mol. The first-order valence-electron chi connectivity index (χ1n) is 8.69. The van der Waals surface area contributed by atoms with E-state index in [2.05, 4.69) is 27.7 Å². The van der Waals surface area contributed by atoms with Crippen LogP contribution < -0.4 is 0 Å². The van der Waals surface area contributed by atoms with Gasteiger partial charge in [-0.15, -0.1) is 0 Å². The Morgan fingerprint density at radius 3 is 2.43 bits per heavy atom. The minimum Gasteiger partial charge on any atom is -0.507 e. The Hall–Kier alpha value is -1.51. The van der Waals surface area contributed by atoms with Crippen LogP contribution in [-0.2, 0) is 14.9 Å². The summed E-state index contributed by atoms with van der Waals surface area (Å²) in [6.07, 6.45) is 4.32. The lowest BCUT2D eigenvalue weighted by Crippen LogP contribution is -2.17. The summed E-state index contributed by atoms with van der Waals surface area (Å²) >= 11 is 0. The Kier molecular flexibility index (Phi) is 7.11. The standard InChI is InChI=1S/C20H32O3/c1-7-8-9-10-11-23-19(22)15(3)17-13-16(20(4,5)6)12-14(2)18(17)21/h12-13,15,21H,7-11H2,1-6H3. The number of phenolic OH excluding ortho intramolecular Hbond substituents is 1. The van der Waals surface area contributed by atoms with Crippen molar-refractivity contribution in [2.45, 2.75) is 78.6 Å². The highest BCUT2D eigenvalue weighted by molar-refractivity contribution is 5.79. The Balaban J connectivity index is 2.84. The zero-order valence-corrected chi connectivity index (χ0v) is 15.5. The summed E-state index contributed by atoms with van der Waals surface area (Å²) in [5.41, 5.74) is 2.55. The third-order valence-corrected chi connectivity index (χ3v) is 4.26. The molecule has 0 spiro atoms. The fraction of sp³-hybridized carbons (Fsp3) is 0.650. The third kappa shape index (κ3) is 5.56. The van der Waals surface area contributed by atoms with E-state index in [4.69, 9.17) is 4.74 Å². The second-order valence-electron chi connectivity index (χ2n) is 7.43. The van der Waals surface area contributed by atoms with Gasteiger partial charge in [-0.1, -0.05) is 59.1 Å². The van der Waals surface area contributed by atoms with Gasteiger partial charge in [-0.25, -0.2) is 0 Å². The van der Waals surface area contributed by atoms with Gasteiger partial charge in [0.1, 0.15) is 5.75 Å². The zero-order chi connectivity index (χ0) is 17.6. The van der Waals surface area contributed by atoms with Gasteiger partial charge in [-0.05, 0) is 36.8 Å². The van der Waals surface area contributed by atoms with E-state index in [-0.39, 0.29) is 17.1 Å². The van der Waals surface area contributed by atoms with Gasteiger partial charge in [-0.2, -0.15) is 0 Å². The second-order valence-corrected chi connectivity index (χ2v) is 7.43. The summed E-state index contributed by atoms with van der Waals surface area (Å²) < 4.78 is 5.38. The van der Waals surface area contributed by atoms with Crippen molar-refractivity contribution >= 4 is 5.97 Å². The summed E-state index contributed by atoms with van der Waals surface area (Å²) in [5.74, 6) is -0.516. The van der Waals surface area contributed by atoms with Gasteiger partial charge in [0.05, 0.1) is 12.5 Å². The first kappa shape index (κ1) is 19.5. The van der Waals surface area contributed by atoms with Crippen LogP contribution in [0, 0.1) is 6.92 Å². The summed E-state index contributed by atoms with van der Waals surface area (Å²) in [5, 5.41) is 10.3. The van der Waals surface area contributed by atoms with Crippen LogP contribution in [0.4, 0.5) is 0 Å². The van der Waals surface area contributed by atoms with E-state index in [1.165, 1.54) is 6.42 Å². The molecule has 0 heterocycles. The van der Waals surface area contributed by atoms with Crippen LogP contribution in [0.5, 0.6) is 5.75 Å². The van der Waals surface area contributed by atoms with Crippen molar-refractivity contribution in [2.24, 2.45) is 0 Å². The van der Waals surface area contributed by atoms with Gasteiger partial charge in [0.2, 0.25) is 0 Å². The fourth-order valence-corrected chi connectivity index (χ4v) is 2.52. The molecule has 0 aliphatic rings. The molecule has 0 aliphatic heterocycles. The summed E-state index contributed by atoms with van der Waals surface area (Å²) in [7, 11) is 0. The highest BCUT2D eigenvalue weighted by atomic mass is 16.5. The molecular weight excluding hydrogens is 288 g/mol. The number of esters is 1. The predicted octanol–water partition coefficient (Wildman–Crippen LogP) is 5.23. The average Bonchev–Trinajstić information content (AvgIpc) is 2.47. The Morgan fingerprint density at radius 2 is 1.87 bits per heavy atom. The number of aryl methyl sites for hydroxylation is 1. The Morgan fingerprint density at radius 1 is 1.22 bits per heavy atom. The monoisotopic (exact) mass is 320 g/mol. The molecule has 0 saturated heterocycles. The van der Waals surface area contributed by atoms with Crippen LogP contribution in [0.2, 0.25) is 0 Å². The maximum atomic E-state index is 12.3. The maximum absolute atomic E-state index is 12.3. The van der Waals surface area contributed by atoms with E-state index in [9.17, 15) is 9.90 Å². The van der Waals surface area contributed by atoms with Crippen molar-refractivity contribution in [3.63, 3.8) is 0 Å². The smallest absolute Gasteiger partial charge is 0.313 e. The van der Waals surface area contributed by atoms with E-state index in [1.807, 2.05) is 19.1 Å². The third-order valence-electron chi connectivity index (χ3n) is 4.26.